The van der Waals surface area contributed by atoms with Gasteiger partial charge in [-0.05, 0) is 36.2 Å². The number of benzene rings is 1. The predicted molar refractivity (Wildman–Crippen MR) is 85.6 cm³/mol. The molecule has 0 spiro atoms. The van der Waals surface area contributed by atoms with Crippen molar-refractivity contribution >= 4 is 0 Å². The first kappa shape index (κ1) is 15.0. The predicted octanol–water partition coefficient (Wildman–Crippen LogP) is 2.48. The summed E-state index contributed by atoms with van der Waals surface area (Å²) >= 11 is 0. The first-order valence-corrected chi connectivity index (χ1v) is 7.77. The molecule has 3 rings (SSSR count). The van der Waals surface area contributed by atoms with Crippen LogP contribution in [-0.2, 0) is 17.7 Å². The third-order valence-corrected chi connectivity index (χ3v) is 3.99. The molecule has 1 aromatic heterocycles. The summed E-state index contributed by atoms with van der Waals surface area (Å²) in [5, 5.41) is 9.37. The molecule has 1 aromatic carbocycles. The van der Waals surface area contributed by atoms with Gasteiger partial charge in [0.1, 0.15) is 5.75 Å². The standard InChI is InChI=1S/C18H22N2O2/c21-18-6-4-15(5-7-18)12-20-9-10-22-14-16(13-20)11-17-3-1-2-8-19-17/h1-8,16,21H,9-14H2/t16-/m1/s1. The summed E-state index contributed by atoms with van der Waals surface area (Å²) in [5.74, 6) is 0.783. The maximum Gasteiger partial charge on any atom is 0.115 e. The number of aromatic nitrogens is 1. The second kappa shape index (κ2) is 7.38. The Hall–Kier alpha value is -1.91. The van der Waals surface area contributed by atoms with Crippen molar-refractivity contribution in [2.75, 3.05) is 26.3 Å². The minimum atomic E-state index is 0.316. The van der Waals surface area contributed by atoms with Gasteiger partial charge in [0, 0.05) is 37.4 Å². The summed E-state index contributed by atoms with van der Waals surface area (Å²) in [4.78, 5) is 6.84. The van der Waals surface area contributed by atoms with Crippen LogP contribution in [0.25, 0.3) is 0 Å². The summed E-state index contributed by atoms with van der Waals surface area (Å²) in [6, 6.07) is 13.5. The van der Waals surface area contributed by atoms with E-state index >= 15 is 0 Å². The zero-order valence-electron chi connectivity index (χ0n) is 12.7. The molecule has 4 nitrogen and oxygen atoms in total. The highest BCUT2D eigenvalue weighted by Crippen LogP contribution is 2.16. The number of nitrogens with zero attached hydrogens (tertiary/aromatic N) is 2. The lowest BCUT2D eigenvalue weighted by molar-refractivity contribution is 0.121. The van der Waals surface area contributed by atoms with Crippen LogP contribution in [0.5, 0.6) is 5.75 Å². The molecule has 1 saturated heterocycles. The molecule has 4 heteroatoms. The molecule has 1 aliphatic heterocycles. The second-order valence-corrected chi connectivity index (χ2v) is 5.87. The normalized spacial score (nSPS) is 19.7. The minimum Gasteiger partial charge on any atom is -0.508 e. The number of phenolic OH excluding ortho intramolecular Hbond substituents is 1. The van der Waals surface area contributed by atoms with E-state index in [1.54, 1.807) is 12.1 Å². The van der Waals surface area contributed by atoms with Crippen LogP contribution in [0.2, 0.25) is 0 Å². The van der Waals surface area contributed by atoms with Crippen LogP contribution in [0.1, 0.15) is 11.3 Å². The zero-order valence-corrected chi connectivity index (χ0v) is 12.7. The summed E-state index contributed by atoms with van der Waals surface area (Å²) < 4.78 is 5.76. The molecule has 0 aliphatic carbocycles. The number of ether oxygens (including phenoxy) is 1. The van der Waals surface area contributed by atoms with E-state index in [-0.39, 0.29) is 0 Å². The van der Waals surface area contributed by atoms with Gasteiger partial charge in [0.25, 0.3) is 0 Å². The smallest absolute Gasteiger partial charge is 0.115 e. The maximum atomic E-state index is 9.37. The van der Waals surface area contributed by atoms with Crippen molar-refractivity contribution < 1.29 is 9.84 Å². The van der Waals surface area contributed by atoms with Gasteiger partial charge in [0.15, 0.2) is 0 Å². The van der Waals surface area contributed by atoms with Crippen molar-refractivity contribution in [3.63, 3.8) is 0 Å². The van der Waals surface area contributed by atoms with E-state index in [1.165, 1.54) is 5.56 Å². The van der Waals surface area contributed by atoms with Gasteiger partial charge in [-0.3, -0.25) is 9.88 Å². The number of hydrogen-bond donors (Lipinski definition) is 1. The fourth-order valence-corrected chi connectivity index (χ4v) is 2.89. The quantitative estimate of drug-likeness (QED) is 0.942. The van der Waals surface area contributed by atoms with Crippen LogP contribution in [0.3, 0.4) is 0 Å². The lowest BCUT2D eigenvalue weighted by Crippen LogP contribution is -2.30. The Balaban J connectivity index is 1.61. The SMILES string of the molecule is Oc1ccc(CN2CCOC[C@H](Cc3ccccn3)C2)cc1. The highest BCUT2D eigenvalue weighted by molar-refractivity contribution is 5.25. The second-order valence-electron chi connectivity index (χ2n) is 5.87. The Bertz CT molecular complexity index is 571. The van der Waals surface area contributed by atoms with Crippen LogP contribution in [0.4, 0.5) is 0 Å². The molecule has 1 aliphatic rings. The third kappa shape index (κ3) is 4.29. The van der Waals surface area contributed by atoms with E-state index in [1.807, 2.05) is 30.5 Å². The fourth-order valence-electron chi connectivity index (χ4n) is 2.89. The van der Waals surface area contributed by atoms with Gasteiger partial charge in [-0.15, -0.1) is 0 Å². The van der Waals surface area contributed by atoms with Crippen molar-refractivity contribution in [3.05, 3.63) is 59.9 Å². The van der Waals surface area contributed by atoms with E-state index in [2.05, 4.69) is 16.0 Å². The lowest BCUT2D eigenvalue weighted by Gasteiger charge is -2.23. The van der Waals surface area contributed by atoms with Gasteiger partial charge in [-0.25, -0.2) is 0 Å². The third-order valence-electron chi connectivity index (χ3n) is 3.99. The van der Waals surface area contributed by atoms with Gasteiger partial charge in [-0.2, -0.15) is 0 Å². The van der Waals surface area contributed by atoms with Gasteiger partial charge >= 0.3 is 0 Å². The van der Waals surface area contributed by atoms with Gasteiger partial charge in [0.2, 0.25) is 0 Å². The average molecular weight is 298 g/mol. The molecule has 0 saturated carbocycles. The molecule has 1 N–H and O–H groups in total. The van der Waals surface area contributed by atoms with E-state index in [0.717, 1.165) is 45.0 Å². The molecule has 0 unspecified atom stereocenters. The van der Waals surface area contributed by atoms with Crippen molar-refractivity contribution in [2.45, 2.75) is 13.0 Å². The molecular formula is C18H22N2O2. The summed E-state index contributed by atoms with van der Waals surface area (Å²) in [6.45, 7) is 4.42. The fraction of sp³-hybridized carbons (Fsp3) is 0.389. The Morgan fingerprint density at radius 2 is 2.05 bits per heavy atom. The molecule has 116 valence electrons. The first-order chi connectivity index (χ1) is 10.8. The van der Waals surface area contributed by atoms with Crippen LogP contribution < -0.4 is 0 Å². The molecule has 2 aromatic rings. The molecular weight excluding hydrogens is 276 g/mol. The van der Waals surface area contributed by atoms with Gasteiger partial charge in [0.05, 0.1) is 13.2 Å². The van der Waals surface area contributed by atoms with E-state index in [0.29, 0.717) is 11.7 Å². The molecule has 0 amide bonds. The molecule has 0 radical (unpaired) electrons. The largest absolute Gasteiger partial charge is 0.508 e. The number of pyridine rings is 1. The Labute approximate surface area is 131 Å². The number of aromatic hydroxyl groups is 1. The van der Waals surface area contributed by atoms with Crippen LogP contribution in [-0.4, -0.2) is 41.3 Å². The van der Waals surface area contributed by atoms with Crippen molar-refractivity contribution in [1.82, 2.24) is 9.88 Å². The van der Waals surface area contributed by atoms with E-state index in [4.69, 9.17) is 4.74 Å². The molecule has 1 atom stereocenters. The Morgan fingerprint density at radius 1 is 1.18 bits per heavy atom. The highest BCUT2D eigenvalue weighted by Gasteiger charge is 2.19. The van der Waals surface area contributed by atoms with Crippen LogP contribution >= 0.6 is 0 Å². The molecule has 1 fully saturated rings. The van der Waals surface area contributed by atoms with Crippen LogP contribution in [0, 0.1) is 5.92 Å². The lowest BCUT2D eigenvalue weighted by atomic mass is 10.0. The topological polar surface area (TPSA) is 45.6 Å². The minimum absolute atomic E-state index is 0.316. The Morgan fingerprint density at radius 3 is 2.82 bits per heavy atom. The molecule has 2 heterocycles. The van der Waals surface area contributed by atoms with Gasteiger partial charge in [-0.1, -0.05) is 18.2 Å². The average Bonchev–Trinajstić information content (AvgIpc) is 2.76. The van der Waals surface area contributed by atoms with E-state index < -0.39 is 0 Å². The monoisotopic (exact) mass is 298 g/mol. The summed E-state index contributed by atoms with van der Waals surface area (Å²) in [6.07, 6.45) is 2.80. The first-order valence-electron chi connectivity index (χ1n) is 7.77. The molecule has 22 heavy (non-hydrogen) atoms. The maximum absolute atomic E-state index is 9.37. The number of rotatable bonds is 4. The molecule has 0 bridgehead atoms. The number of hydrogen-bond acceptors (Lipinski definition) is 4. The highest BCUT2D eigenvalue weighted by atomic mass is 16.5. The zero-order chi connectivity index (χ0) is 15.2. The van der Waals surface area contributed by atoms with Crippen LogP contribution in [0.15, 0.2) is 48.7 Å². The van der Waals surface area contributed by atoms with Gasteiger partial charge < -0.3 is 9.84 Å². The van der Waals surface area contributed by atoms with E-state index in [9.17, 15) is 5.11 Å². The number of phenols is 1. The summed E-state index contributed by atoms with van der Waals surface area (Å²) in [5.41, 5.74) is 2.35. The van der Waals surface area contributed by atoms with Crippen molar-refractivity contribution in [1.29, 1.82) is 0 Å². The Kier molecular flexibility index (Phi) is 5.03. The van der Waals surface area contributed by atoms with Crippen molar-refractivity contribution in [2.24, 2.45) is 5.92 Å². The summed E-state index contributed by atoms with van der Waals surface area (Å²) in [7, 11) is 0. The van der Waals surface area contributed by atoms with Crippen molar-refractivity contribution in [3.8, 4) is 5.75 Å².